The fraction of sp³-hybridized carbons (Fsp3) is 0.231. The average Bonchev–Trinajstić information content (AvgIpc) is 2.59. The van der Waals surface area contributed by atoms with Crippen LogP contribution in [0.15, 0.2) is 36.4 Å². The summed E-state index contributed by atoms with van der Waals surface area (Å²) in [7, 11) is 0. The maximum atomic E-state index is 5.76. The number of benzene rings is 1. The van der Waals surface area contributed by atoms with Crippen LogP contribution in [0, 0.1) is 13.8 Å². The fourth-order valence-electron chi connectivity index (χ4n) is 1.81. The molecular formula is C13H14ClN. The summed E-state index contributed by atoms with van der Waals surface area (Å²) in [4.78, 5) is 0. The first-order valence-electron chi connectivity index (χ1n) is 5.02. The molecule has 0 aliphatic rings. The third kappa shape index (κ3) is 1.93. The van der Waals surface area contributed by atoms with Gasteiger partial charge >= 0.3 is 0 Å². The van der Waals surface area contributed by atoms with E-state index in [9.17, 15) is 0 Å². The van der Waals surface area contributed by atoms with Crippen LogP contribution < -0.4 is 0 Å². The minimum Gasteiger partial charge on any atom is -0.319 e. The summed E-state index contributed by atoms with van der Waals surface area (Å²) >= 11 is 5.76. The number of aryl methyl sites for hydroxylation is 2. The number of halogens is 1. The van der Waals surface area contributed by atoms with Crippen LogP contribution in [-0.4, -0.2) is 4.57 Å². The highest BCUT2D eigenvalue weighted by molar-refractivity contribution is 6.17. The molecule has 2 heteroatoms. The highest BCUT2D eigenvalue weighted by Crippen LogP contribution is 2.17. The molecule has 0 saturated heterocycles. The van der Waals surface area contributed by atoms with E-state index in [4.69, 9.17) is 11.6 Å². The molecule has 1 aromatic carbocycles. The van der Waals surface area contributed by atoms with Gasteiger partial charge in [-0.05, 0) is 43.7 Å². The first-order chi connectivity index (χ1) is 7.22. The van der Waals surface area contributed by atoms with Crippen molar-refractivity contribution in [1.82, 2.24) is 4.57 Å². The molecule has 0 aliphatic carbocycles. The van der Waals surface area contributed by atoms with Gasteiger partial charge in [-0.15, -0.1) is 11.6 Å². The van der Waals surface area contributed by atoms with Gasteiger partial charge in [0.05, 0.1) is 0 Å². The van der Waals surface area contributed by atoms with Crippen LogP contribution in [0.4, 0.5) is 0 Å². The molecule has 1 aromatic heterocycles. The summed E-state index contributed by atoms with van der Waals surface area (Å²) < 4.78 is 2.23. The van der Waals surface area contributed by atoms with Crippen molar-refractivity contribution in [3.05, 3.63) is 53.3 Å². The molecule has 0 bridgehead atoms. The topological polar surface area (TPSA) is 4.93 Å². The van der Waals surface area contributed by atoms with Crippen LogP contribution in [-0.2, 0) is 5.88 Å². The van der Waals surface area contributed by atoms with Crippen molar-refractivity contribution in [2.24, 2.45) is 0 Å². The second kappa shape index (κ2) is 4.11. The molecule has 2 rings (SSSR count). The Labute approximate surface area is 95.3 Å². The van der Waals surface area contributed by atoms with Gasteiger partial charge in [0.25, 0.3) is 0 Å². The summed E-state index contributed by atoms with van der Waals surface area (Å²) in [6.07, 6.45) is 0. The minimum atomic E-state index is 0.573. The van der Waals surface area contributed by atoms with E-state index in [0.29, 0.717) is 5.88 Å². The first kappa shape index (κ1) is 10.3. The van der Waals surface area contributed by atoms with Crippen molar-refractivity contribution in [3.8, 4) is 5.69 Å². The number of nitrogens with zero attached hydrogens (tertiary/aromatic N) is 1. The van der Waals surface area contributed by atoms with E-state index < -0.39 is 0 Å². The SMILES string of the molecule is Cc1ccc(C)n1-c1ccc(CCl)cc1. The molecule has 15 heavy (non-hydrogen) atoms. The molecule has 0 aliphatic heterocycles. The lowest BCUT2D eigenvalue weighted by Crippen LogP contribution is -1.98. The lowest BCUT2D eigenvalue weighted by molar-refractivity contribution is 0.965. The monoisotopic (exact) mass is 219 g/mol. The number of aromatic nitrogens is 1. The van der Waals surface area contributed by atoms with Gasteiger partial charge in [0, 0.05) is 23.0 Å². The van der Waals surface area contributed by atoms with Crippen molar-refractivity contribution in [3.63, 3.8) is 0 Å². The average molecular weight is 220 g/mol. The first-order valence-corrected chi connectivity index (χ1v) is 5.56. The van der Waals surface area contributed by atoms with Gasteiger partial charge in [-0.3, -0.25) is 0 Å². The molecule has 0 fully saturated rings. The number of hydrogen-bond acceptors (Lipinski definition) is 0. The summed E-state index contributed by atoms with van der Waals surface area (Å²) in [6, 6.07) is 12.6. The zero-order valence-electron chi connectivity index (χ0n) is 9.00. The highest BCUT2D eigenvalue weighted by Gasteiger charge is 2.02. The third-order valence-corrected chi connectivity index (χ3v) is 2.93. The van der Waals surface area contributed by atoms with Gasteiger partial charge in [0.2, 0.25) is 0 Å². The van der Waals surface area contributed by atoms with Crippen LogP contribution in [0.2, 0.25) is 0 Å². The molecule has 1 heterocycles. The Morgan fingerprint density at radius 1 is 0.933 bits per heavy atom. The van der Waals surface area contributed by atoms with Gasteiger partial charge in [0.15, 0.2) is 0 Å². The lowest BCUT2D eigenvalue weighted by Gasteiger charge is -2.09. The van der Waals surface area contributed by atoms with Crippen LogP contribution in [0.3, 0.4) is 0 Å². The fourth-order valence-corrected chi connectivity index (χ4v) is 1.99. The van der Waals surface area contributed by atoms with E-state index in [1.165, 1.54) is 17.1 Å². The largest absolute Gasteiger partial charge is 0.319 e. The maximum Gasteiger partial charge on any atom is 0.0474 e. The Kier molecular flexibility index (Phi) is 2.83. The smallest absolute Gasteiger partial charge is 0.0474 e. The number of hydrogen-bond donors (Lipinski definition) is 0. The Morgan fingerprint density at radius 2 is 1.47 bits per heavy atom. The summed E-state index contributed by atoms with van der Waals surface area (Å²) in [5, 5.41) is 0. The normalized spacial score (nSPS) is 10.6. The van der Waals surface area contributed by atoms with Crippen molar-refractivity contribution >= 4 is 11.6 Å². The molecule has 0 saturated carbocycles. The summed E-state index contributed by atoms with van der Waals surface area (Å²) in [5.41, 5.74) is 4.86. The van der Waals surface area contributed by atoms with Crippen molar-refractivity contribution in [1.29, 1.82) is 0 Å². The predicted molar refractivity (Wildman–Crippen MR) is 64.8 cm³/mol. The Balaban J connectivity index is 2.45. The summed E-state index contributed by atoms with van der Waals surface area (Å²) in [6.45, 7) is 4.23. The molecule has 0 unspecified atom stereocenters. The molecule has 0 atom stereocenters. The van der Waals surface area contributed by atoms with Crippen molar-refractivity contribution < 1.29 is 0 Å². The highest BCUT2D eigenvalue weighted by atomic mass is 35.5. The Bertz CT molecular complexity index is 434. The van der Waals surface area contributed by atoms with Crippen molar-refractivity contribution in [2.75, 3.05) is 0 Å². The van der Waals surface area contributed by atoms with Crippen LogP contribution in [0.1, 0.15) is 17.0 Å². The molecule has 0 amide bonds. The van der Waals surface area contributed by atoms with Crippen LogP contribution in [0.25, 0.3) is 5.69 Å². The molecule has 78 valence electrons. The Morgan fingerprint density at radius 3 is 1.93 bits per heavy atom. The zero-order chi connectivity index (χ0) is 10.8. The van der Waals surface area contributed by atoms with E-state index in [1.54, 1.807) is 0 Å². The van der Waals surface area contributed by atoms with Crippen molar-refractivity contribution in [2.45, 2.75) is 19.7 Å². The van der Waals surface area contributed by atoms with E-state index in [-0.39, 0.29) is 0 Å². The van der Waals surface area contributed by atoms with Gasteiger partial charge in [0.1, 0.15) is 0 Å². The lowest BCUT2D eigenvalue weighted by atomic mass is 10.2. The van der Waals surface area contributed by atoms with Gasteiger partial charge < -0.3 is 4.57 Å². The molecule has 0 N–H and O–H groups in total. The van der Waals surface area contributed by atoms with Crippen LogP contribution >= 0.6 is 11.6 Å². The van der Waals surface area contributed by atoms with E-state index in [1.807, 2.05) is 0 Å². The van der Waals surface area contributed by atoms with E-state index >= 15 is 0 Å². The molecule has 0 spiro atoms. The molecule has 0 radical (unpaired) electrons. The minimum absolute atomic E-state index is 0.573. The van der Waals surface area contributed by atoms with E-state index in [2.05, 4.69) is 54.8 Å². The Hall–Kier alpha value is -1.21. The number of alkyl halides is 1. The zero-order valence-corrected chi connectivity index (χ0v) is 9.75. The van der Waals surface area contributed by atoms with Gasteiger partial charge in [-0.2, -0.15) is 0 Å². The number of rotatable bonds is 2. The van der Waals surface area contributed by atoms with E-state index in [0.717, 1.165) is 5.56 Å². The second-order valence-corrected chi connectivity index (χ2v) is 4.02. The second-order valence-electron chi connectivity index (χ2n) is 3.75. The van der Waals surface area contributed by atoms with Gasteiger partial charge in [-0.25, -0.2) is 0 Å². The van der Waals surface area contributed by atoms with Crippen LogP contribution in [0.5, 0.6) is 0 Å². The molecular weight excluding hydrogens is 206 g/mol. The summed E-state index contributed by atoms with van der Waals surface area (Å²) in [5.74, 6) is 0.573. The van der Waals surface area contributed by atoms with Gasteiger partial charge in [-0.1, -0.05) is 12.1 Å². The quantitative estimate of drug-likeness (QED) is 0.677. The maximum absolute atomic E-state index is 5.76. The third-order valence-electron chi connectivity index (χ3n) is 2.62. The predicted octanol–water partition coefficient (Wildman–Crippen LogP) is 3.83. The standard InChI is InChI=1S/C13H14ClN/c1-10-3-4-11(2)15(10)13-7-5-12(9-14)6-8-13/h3-8H,9H2,1-2H3. The molecule has 1 nitrogen and oxygen atoms in total. The molecule has 2 aromatic rings.